The van der Waals surface area contributed by atoms with Gasteiger partial charge in [0.2, 0.25) is 0 Å². The van der Waals surface area contributed by atoms with E-state index >= 15 is 0 Å². The maximum atomic E-state index is 13.7. The Morgan fingerprint density at radius 3 is 2.10 bits per heavy atom. The third kappa shape index (κ3) is 6.28. The van der Waals surface area contributed by atoms with Gasteiger partial charge < -0.3 is 19.3 Å². The number of hydrogen-bond acceptors (Lipinski definition) is 9. The molecule has 2 aliphatic rings. The van der Waals surface area contributed by atoms with E-state index in [9.17, 15) is 18.0 Å². The van der Waals surface area contributed by atoms with Gasteiger partial charge in [0.25, 0.3) is 15.7 Å². The number of nitrogens with zero attached hydrogens (tertiary/aromatic N) is 2. The van der Waals surface area contributed by atoms with Crippen molar-refractivity contribution in [2.24, 2.45) is 5.73 Å². The van der Waals surface area contributed by atoms with Gasteiger partial charge in [-0.2, -0.15) is 8.42 Å². The van der Waals surface area contributed by atoms with Crippen molar-refractivity contribution in [1.29, 1.82) is 0 Å². The molecule has 0 amide bonds. The first-order chi connectivity index (χ1) is 18.4. The summed E-state index contributed by atoms with van der Waals surface area (Å²) in [4.78, 5) is 26.6. The summed E-state index contributed by atoms with van der Waals surface area (Å²) in [5, 5.41) is 0.837. The summed E-state index contributed by atoms with van der Waals surface area (Å²) in [6, 6.07) is 0. The molecule has 0 radical (unpaired) electrons. The Kier molecular flexibility index (Phi) is 9.34. The first-order valence-corrected chi connectivity index (χ1v) is 22.1. The van der Waals surface area contributed by atoms with Crippen LogP contribution in [0.2, 0.25) is 36.3 Å². The first-order valence-electron chi connectivity index (χ1n) is 13.7. The Morgan fingerprint density at radius 1 is 1.07 bits per heavy atom. The van der Waals surface area contributed by atoms with Gasteiger partial charge in [0.15, 0.2) is 28.5 Å². The van der Waals surface area contributed by atoms with E-state index in [0.29, 0.717) is 10.9 Å². The van der Waals surface area contributed by atoms with Gasteiger partial charge in [0, 0.05) is 23.6 Å². The molecule has 1 fully saturated rings. The van der Waals surface area contributed by atoms with E-state index in [-0.39, 0.29) is 28.9 Å². The van der Waals surface area contributed by atoms with Crippen molar-refractivity contribution in [3.05, 3.63) is 43.7 Å². The van der Waals surface area contributed by atoms with Gasteiger partial charge in [-0.25, -0.2) is 8.98 Å². The summed E-state index contributed by atoms with van der Waals surface area (Å²) in [5.74, 6) is 0. The Labute approximate surface area is 253 Å². The largest absolute Gasteiger partial charge is 0.414 e. The molecule has 0 aliphatic carbocycles. The highest BCUT2D eigenvalue weighted by Crippen LogP contribution is 2.52. The van der Waals surface area contributed by atoms with Gasteiger partial charge in [-0.1, -0.05) is 57.5 Å². The predicted octanol–water partition coefficient (Wildman–Crippen LogP) is 3.92. The fraction of sp³-hybridized carbons (Fsp3) is 0.769. The molecule has 0 aromatic carbocycles. The molecule has 2 aliphatic heterocycles. The second kappa shape index (κ2) is 11.1. The lowest BCUT2D eigenvalue weighted by Gasteiger charge is -2.43. The maximum Gasteiger partial charge on any atom is 0.333 e. The molecule has 41 heavy (non-hydrogen) atoms. The molecule has 2 N–H and O–H groups in total. The summed E-state index contributed by atoms with van der Waals surface area (Å²) >= 11 is 3.31. The topological polar surface area (TPSA) is 141 Å². The van der Waals surface area contributed by atoms with Gasteiger partial charge in [0.05, 0.1) is 17.7 Å². The van der Waals surface area contributed by atoms with Crippen molar-refractivity contribution >= 4 is 42.7 Å². The van der Waals surface area contributed by atoms with Crippen LogP contribution in [0.1, 0.15) is 53.3 Å². The lowest BCUT2D eigenvalue weighted by molar-refractivity contribution is -0.0567. The summed E-state index contributed by atoms with van der Waals surface area (Å²) in [6.07, 6.45) is -1.91. The van der Waals surface area contributed by atoms with Gasteiger partial charge >= 0.3 is 5.69 Å². The standard InChI is InChI=1S/C26H46BrN3O8SSi2/c1-17-14-30(23(32)29(13-12-27)21(17)31)22-20(37-41(10,11)25(5,6)7)26(18(28)16-39(33,34)38-26)19(36-22)15-35-40(8,9)24(2,3)4/h14,16,19-20,22H,12-13,15,28H2,1-11H3/t19-,20+,22-,26-/m1/s1. The number of alkyl halides is 1. The zero-order valence-electron chi connectivity index (χ0n) is 26.0. The minimum Gasteiger partial charge on any atom is -0.414 e. The minimum absolute atomic E-state index is 0.0385. The number of hydrogen-bond donors (Lipinski definition) is 1. The zero-order valence-corrected chi connectivity index (χ0v) is 30.4. The summed E-state index contributed by atoms with van der Waals surface area (Å²) in [5.41, 5.74) is 3.94. The Hall–Kier alpha value is -1.08. The molecule has 3 rings (SSSR count). The fourth-order valence-corrected chi connectivity index (χ4v) is 8.30. The van der Waals surface area contributed by atoms with E-state index in [0.717, 1.165) is 9.98 Å². The third-order valence-corrected chi connectivity index (χ3v) is 19.4. The lowest BCUT2D eigenvalue weighted by Crippen LogP contribution is -2.59. The van der Waals surface area contributed by atoms with Crippen molar-refractivity contribution in [2.45, 2.75) is 115 Å². The quantitative estimate of drug-likeness (QED) is 0.243. The van der Waals surface area contributed by atoms with Crippen LogP contribution in [0.5, 0.6) is 0 Å². The molecule has 0 saturated carbocycles. The van der Waals surface area contributed by atoms with E-state index in [1.54, 1.807) is 6.92 Å². The van der Waals surface area contributed by atoms with E-state index in [4.69, 9.17) is 23.5 Å². The zero-order chi connectivity index (χ0) is 31.6. The van der Waals surface area contributed by atoms with Gasteiger partial charge in [-0.05, 0) is 43.2 Å². The van der Waals surface area contributed by atoms with Crippen molar-refractivity contribution in [3.63, 3.8) is 0 Å². The summed E-state index contributed by atoms with van der Waals surface area (Å²) in [7, 11) is -9.20. The van der Waals surface area contributed by atoms with E-state index < -0.39 is 62.0 Å². The fourth-order valence-electron chi connectivity index (χ4n) is 4.44. The molecular formula is C26H46BrN3O8SSi2. The van der Waals surface area contributed by atoms with Crippen molar-refractivity contribution in [1.82, 2.24) is 9.13 Å². The first kappa shape index (κ1) is 34.4. The third-order valence-electron chi connectivity index (χ3n) is 9.02. The highest BCUT2D eigenvalue weighted by Gasteiger charge is 2.67. The molecule has 234 valence electrons. The second-order valence-corrected chi connectivity index (χ2v) is 25.7. The minimum atomic E-state index is -4.20. The van der Waals surface area contributed by atoms with Gasteiger partial charge in [-0.15, -0.1) is 0 Å². The molecule has 4 atom stereocenters. The van der Waals surface area contributed by atoms with Crippen LogP contribution in [0, 0.1) is 6.92 Å². The Bertz CT molecular complexity index is 1430. The number of aromatic nitrogens is 2. The molecule has 0 bridgehead atoms. The molecule has 15 heteroatoms. The van der Waals surface area contributed by atoms with Crippen molar-refractivity contribution in [3.8, 4) is 0 Å². The van der Waals surface area contributed by atoms with Crippen LogP contribution in [0.3, 0.4) is 0 Å². The summed E-state index contributed by atoms with van der Waals surface area (Å²) < 4.78 is 54.1. The highest BCUT2D eigenvalue weighted by molar-refractivity contribution is 9.09. The highest BCUT2D eigenvalue weighted by atomic mass is 79.9. The number of nitrogens with two attached hydrogens (primary N) is 1. The van der Waals surface area contributed by atoms with Gasteiger partial charge in [-0.3, -0.25) is 13.9 Å². The maximum absolute atomic E-state index is 13.7. The normalized spacial score (nSPS) is 27.0. The number of halogens is 1. The smallest absolute Gasteiger partial charge is 0.333 e. The molecular weight excluding hydrogens is 650 g/mol. The predicted molar refractivity (Wildman–Crippen MR) is 168 cm³/mol. The van der Waals surface area contributed by atoms with E-state index in [2.05, 4.69) is 49.8 Å². The average Bonchev–Trinajstić information content (AvgIpc) is 3.22. The second-order valence-electron chi connectivity index (χ2n) is 14.0. The molecule has 1 saturated heterocycles. The van der Waals surface area contributed by atoms with Crippen LogP contribution in [0.25, 0.3) is 0 Å². The molecule has 3 heterocycles. The van der Waals surface area contributed by atoms with Crippen molar-refractivity contribution in [2.75, 3.05) is 11.9 Å². The summed E-state index contributed by atoms with van der Waals surface area (Å²) in [6.45, 7) is 22.3. The van der Waals surface area contributed by atoms with E-state index in [1.807, 2.05) is 33.9 Å². The van der Waals surface area contributed by atoms with Crippen molar-refractivity contribution < 1.29 is 26.2 Å². The lowest BCUT2D eigenvalue weighted by atomic mass is 9.89. The Balaban J connectivity index is 2.30. The van der Waals surface area contributed by atoms with Gasteiger partial charge in [0.1, 0.15) is 12.2 Å². The Morgan fingerprint density at radius 2 is 1.63 bits per heavy atom. The van der Waals surface area contributed by atoms with Crippen LogP contribution >= 0.6 is 15.9 Å². The van der Waals surface area contributed by atoms with E-state index in [1.165, 1.54) is 10.8 Å². The number of aryl methyl sites for hydroxylation is 1. The molecule has 11 nitrogen and oxygen atoms in total. The van der Waals surface area contributed by atoms with Crippen LogP contribution < -0.4 is 17.0 Å². The molecule has 0 unspecified atom stereocenters. The number of ether oxygens (including phenoxy) is 1. The van der Waals surface area contributed by atoms with Crippen LogP contribution in [-0.4, -0.2) is 63.9 Å². The SMILES string of the molecule is Cc1cn([C@@H]2O[C@H](CO[Si](C)(C)C(C)(C)C)[C@@]3(OS(=O)(=O)C=C3N)[C@H]2O[Si](C)(C)C(C)(C)C)c(=O)n(CCBr)c1=O. The van der Waals surface area contributed by atoms with Crippen LogP contribution in [0.15, 0.2) is 26.9 Å². The van der Waals surface area contributed by atoms with Crippen LogP contribution in [0.4, 0.5) is 0 Å². The molecule has 1 spiro atoms. The average molecular weight is 697 g/mol. The molecule has 1 aromatic heterocycles. The molecule has 1 aromatic rings. The number of rotatable bonds is 8. The van der Waals surface area contributed by atoms with Crippen LogP contribution in [-0.2, 0) is 34.4 Å². The monoisotopic (exact) mass is 695 g/mol.